The molecule has 8 rings (SSSR count). The molecule has 2 heterocycles. The summed E-state index contributed by atoms with van der Waals surface area (Å²) in [5, 5.41) is 5.91. The molecule has 1 aliphatic heterocycles. The highest BCUT2D eigenvalue weighted by atomic mass is 16.5. The maximum Gasteiger partial charge on any atom is 0.196 e. The van der Waals surface area contributed by atoms with Gasteiger partial charge in [0.15, 0.2) is 12.0 Å². The third-order valence-corrected chi connectivity index (χ3v) is 8.33. The number of nitrogens with one attached hydrogen (secondary N) is 2. The first-order chi connectivity index (χ1) is 21.3. The van der Waals surface area contributed by atoms with Gasteiger partial charge in [0.05, 0.1) is 17.2 Å². The first kappa shape index (κ1) is 25.2. The third kappa shape index (κ3) is 4.67. The Morgan fingerprint density at radius 1 is 0.744 bits per heavy atom. The van der Waals surface area contributed by atoms with Crippen LogP contribution in [0.1, 0.15) is 12.0 Å². The zero-order valence-electron chi connectivity index (χ0n) is 23.7. The van der Waals surface area contributed by atoms with Crippen molar-refractivity contribution >= 4 is 44.4 Å². The monoisotopic (exact) mass is 557 g/mol. The second kappa shape index (κ2) is 10.7. The molecule has 4 heteroatoms. The molecule has 0 saturated carbocycles. The lowest BCUT2D eigenvalue weighted by molar-refractivity contribution is 0.296. The fourth-order valence-electron chi connectivity index (χ4n) is 6.22. The van der Waals surface area contributed by atoms with Crippen LogP contribution in [-0.4, -0.2) is 17.3 Å². The average molecular weight is 558 g/mol. The molecule has 0 amide bonds. The van der Waals surface area contributed by atoms with Crippen LogP contribution < -0.4 is 15.0 Å². The van der Waals surface area contributed by atoms with E-state index < -0.39 is 0 Å². The highest BCUT2D eigenvalue weighted by Crippen LogP contribution is 2.43. The largest absolute Gasteiger partial charge is 0.462 e. The lowest BCUT2D eigenvalue weighted by Crippen LogP contribution is -2.27. The Morgan fingerprint density at radius 2 is 1.56 bits per heavy atom. The van der Waals surface area contributed by atoms with Crippen LogP contribution in [-0.2, 0) is 0 Å². The van der Waals surface area contributed by atoms with Gasteiger partial charge in [-0.25, -0.2) is 0 Å². The molecular weight excluding hydrogens is 526 g/mol. The van der Waals surface area contributed by atoms with Crippen molar-refractivity contribution in [2.75, 3.05) is 10.2 Å². The normalized spacial score (nSPS) is 18.9. The molecule has 5 aromatic rings. The second-order valence-electron chi connectivity index (χ2n) is 11.0. The topological polar surface area (TPSA) is 40.3 Å². The van der Waals surface area contributed by atoms with Crippen molar-refractivity contribution in [3.8, 4) is 5.75 Å². The number of ether oxygens (including phenoxy) is 1. The predicted octanol–water partition coefficient (Wildman–Crippen LogP) is 9.61. The van der Waals surface area contributed by atoms with Crippen molar-refractivity contribution in [3.05, 3.63) is 163 Å². The number of nitrogens with zero attached hydrogens (tertiary/aromatic N) is 1. The van der Waals surface area contributed by atoms with E-state index in [1.165, 1.54) is 16.5 Å². The van der Waals surface area contributed by atoms with Gasteiger partial charge >= 0.3 is 0 Å². The molecule has 1 aromatic heterocycles. The van der Waals surface area contributed by atoms with E-state index in [9.17, 15) is 0 Å². The van der Waals surface area contributed by atoms with Gasteiger partial charge in [-0.3, -0.25) is 0 Å². The number of hydrogen-bond acceptors (Lipinski definition) is 3. The Balaban J connectivity index is 1.11. The molecule has 0 bridgehead atoms. The fraction of sp³-hybridized carbons (Fsp3) is 0.0769. The highest BCUT2D eigenvalue weighted by molar-refractivity contribution is 6.12. The van der Waals surface area contributed by atoms with Crippen LogP contribution in [0, 0.1) is 0 Å². The highest BCUT2D eigenvalue weighted by Gasteiger charge is 2.27. The Kier molecular flexibility index (Phi) is 6.30. The number of fused-ring (bicyclic) bond motifs is 5. The van der Waals surface area contributed by atoms with Crippen LogP contribution in [0.15, 0.2) is 157 Å². The van der Waals surface area contributed by atoms with Crippen LogP contribution in [0.25, 0.3) is 27.4 Å². The molecule has 2 unspecified atom stereocenters. The summed E-state index contributed by atoms with van der Waals surface area (Å²) >= 11 is 0. The summed E-state index contributed by atoms with van der Waals surface area (Å²) in [6.45, 7) is 0. The quantitative estimate of drug-likeness (QED) is 0.226. The summed E-state index contributed by atoms with van der Waals surface area (Å²) in [5.74, 6) is 0.882. The summed E-state index contributed by atoms with van der Waals surface area (Å²) < 4.78 is 6.49. The number of aromatic amines is 1. The van der Waals surface area contributed by atoms with Crippen molar-refractivity contribution in [1.29, 1.82) is 0 Å². The smallest absolute Gasteiger partial charge is 0.196 e. The van der Waals surface area contributed by atoms with Gasteiger partial charge in [-0.15, -0.1) is 0 Å². The van der Waals surface area contributed by atoms with E-state index in [-0.39, 0.29) is 12.3 Å². The van der Waals surface area contributed by atoms with Crippen molar-refractivity contribution in [2.24, 2.45) is 0 Å². The lowest BCUT2D eigenvalue weighted by Gasteiger charge is -2.30. The average Bonchev–Trinajstić information content (AvgIpc) is 3.41. The SMILES string of the molecule is C1=CCC=C(C2Nc3ccc4c([nH]c5ccc(C6=CC=CC(N(c7ccccc7)c7ccccc7)C=C6)cc54)c3O2)C=C1. The molecule has 0 fully saturated rings. The van der Waals surface area contributed by atoms with E-state index in [4.69, 9.17) is 4.74 Å². The van der Waals surface area contributed by atoms with Gasteiger partial charge < -0.3 is 19.9 Å². The number of rotatable bonds is 5. The predicted molar refractivity (Wildman–Crippen MR) is 180 cm³/mol. The molecule has 4 nitrogen and oxygen atoms in total. The molecule has 0 spiro atoms. The third-order valence-electron chi connectivity index (χ3n) is 8.33. The summed E-state index contributed by atoms with van der Waals surface area (Å²) in [6, 6.07) is 32.2. The van der Waals surface area contributed by atoms with E-state index in [1.54, 1.807) is 0 Å². The van der Waals surface area contributed by atoms with Crippen LogP contribution in [0.3, 0.4) is 0 Å². The van der Waals surface area contributed by atoms with E-state index >= 15 is 0 Å². The Bertz CT molecular complexity index is 1970. The maximum absolute atomic E-state index is 6.49. The van der Waals surface area contributed by atoms with E-state index in [2.05, 4.69) is 167 Å². The first-order valence-corrected chi connectivity index (χ1v) is 14.8. The van der Waals surface area contributed by atoms with Gasteiger partial charge in [0.25, 0.3) is 0 Å². The molecule has 2 aliphatic carbocycles. The maximum atomic E-state index is 6.49. The number of anilines is 3. The van der Waals surface area contributed by atoms with Gasteiger partial charge in [-0.05, 0) is 66.1 Å². The first-order valence-electron chi connectivity index (χ1n) is 14.8. The van der Waals surface area contributed by atoms with Gasteiger partial charge in [0.1, 0.15) is 0 Å². The lowest BCUT2D eigenvalue weighted by atomic mass is 10.0. The number of hydrogen-bond donors (Lipinski definition) is 2. The van der Waals surface area contributed by atoms with Gasteiger partial charge in [-0.2, -0.15) is 0 Å². The molecule has 3 aliphatic rings. The minimum Gasteiger partial charge on any atom is -0.462 e. The zero-order chi connectivity index (χ0) is 28.6. The molecule has 2 atom stereocenters. The summed E-state index contributed by atoms with van der Waals surface area (Å²) in [5.41, 5.74) is 8.96. The number of aromatic nitrogens is 1. The molecule has 43 heavy (non-hydrogen) atoms. The van der Waals surface area contributed by atoms with Crippen LogP contribution >= 0.6 is 0 Å². The fourth-order valence-corrected chi connectivity index (χ4v) is 6.22. The number of benzene rings is 4. The van der Waals surface area contributed by atoms with Gasteiger partial charge in [0, 0.05) is 33.2 Å². The minimum absolute atomic E-state index is 0.0738. The molecule has 208 valence electrons. The number of para-hydroxylation sites is 2. The van der Waals surface area contributed by atoms with Gasteiger partial charge in [-0.1, -0.05) is 103 Å². The summed E-state index contributed by atoms with van der Waals surface area (Å²) in [4.78, 5) is 6.01. The van der Waals surface area contributed by atoms with Crippen LogP contribution in [0.2, 0.25) is 0 Å². The van der Waals surface area contributed by atoms with Crippen LogP contribution in [0.4, 0.5) is 17.1 Å². The van der Waals surface area contributed by atoms with Crippen molar-refractivity contribution in [2.45, 2.75) is 18.7 Å². The standard InChI is InChI=1S/C39H31N3O/c1-2-6-13-28(12-5-1)39-41-36-25-23-33-34-26-29(21-24-35(34)40-37(33)38(36)43-39)27-14-11-19-32(22-20-27)42(30-15-7-3-8-16-30)31-17-9-4-10-18-31/h1-5,7-26,32,39-41H,6H2. The molecule has 2 N–H and O–H groups in total. The Morgan fingerprint density at radius 3 is 2.37 bits per heavy atom. The zero-order valence-corrected chi connectivity index (χ0v) is 23.7. The van der Waals surface area contributed by atoms with Crippen molar-refractivity contribution in [3.63, 3.8) is 0 Å². The van der Waals surface area contributed by atoms with Crippen molar-refractivity contribution in [1.82, 2.24) is 4.98 Å². The van der Waals surface area contributed by atoms with Gasteiger partial charge in [0.2, 0.25) is 0 Å². The van der Waals surface area contributed by atoms with E-state index in [1.807, 2.05) is 0 Å². The van der Waals surface area contributed by atoms with Crippen LogP contribution in [0.5, 0.6) is 5.75 Å². The molecule has 4 aromatic carbocycles. The summed E-state index contributed by atoms with van der Waals surface area (Å²) in [7, 11) is 0. The number of H-pyrrole nitrogens is 1. The Hall–Kier alpha value is -5.48. The number of allylic oxidation sites excluding steroid dienone is 8. The van der Waals surface area contributed by atoms with E-state index in [0.29, 0.717) is 0 Å². The Labute approximate surface area is 251 Å². The molecule has 0 radical (unpaired) electrons. The molecule has 0 saturated heterocycles. The minimum atomic E-state index is -0.189. The second-order valence-corrected chi connectivity index (χ2v) is 11.0. The summed E-state index contributed by atoms with van der Waals surface area (Å²) in [6.07, 6.45) is 22.5. The van der Waals surface area contributed by atoms with E-state index in [0.717, 1.165) is 51.2 Å². The molecular formula is C39H31N3O. The van der Waals surface area contributed by atoms with Crippen molar-refractivity contribution < 1.29 is 4.74 Å².